The van der Waals surface area contributed by atoms with Gasteiger partial charge >= 0.3 is 0 Å². The highest BCUT2D eigenvalue weighted by molar-refractivity contribution is 5.97. The number of carbonyl (C=O) groups excluding carboxylic acids is 2. The molecule has 1 aliphatic heterocycles. The second-order valence-electron chi connectivity index (χ2n) is 6.19. The van der Waals surface area contributed by atoms with Gasteiger partial charge < -0.3 is 9.80 Å². The summed E-state index contributed by atoms with van der Waals surface area (Å²) >= 11 is 0. The lowest BCUT2D eigenvalue weighted by atomic mass is 10.1. The fraction of sp³-hybridized carbons (Fsp3) is 0.300. The molecular weight excluding hydrogens is 300 g/mol. The summed E-state index contributed by atoms with van der Waals surface area (Å²) in [5, 5.41) is 0. The molecule has 3 rings (SSSR count). The lowest BCUT2D eigenvalue weighted by molar-refractivity contribution is -0.136. The smallest absolute Gasteiger partial charge is 0.246 e. The first-order valence-corrected chi connectivity index (χ1v) is 8.32. The number of anilines is 1. The summed E-state index contributed by atoms with van der Waals surface area (Å²) in [7, 11) is 0. The van der Waals surface area contributed by atoms with Gasteiger partial charge in [0.15, 0.2) is 0 Å². The van der Waals surface area contributed by atoms with Crippen molar-refractivity contribution in [2.24, 2.45) is 0 Å². The minimum atomic E-state index is -0.0173. The third-order valence-corrected chi connectivity index (χ3v) is 4.35. The second-order valence-corrected chi connectivity index (χ2v) is 6.19. The monoisotopic (exact) mass is 322 g/mol. The predicted molar refractivity (Wildman–Crippen MR) is 94.9 cm³/mol. The SMILES string of the molecule is Cc1cccc(CCC(=O)N2CCN(c3ccccc3)C(=O)C2)c1. The third kappa shape index (κ3) is 3.82. The Bertz CT molecular complexity index is 727. The molecule has 2 aromatic carbocycles. The maximum absolute atomic E-state index is 12.4. The van der Waals surface area contributed by atoms with E-state index in [0.29, 0.717) is 25.9 Å². The first kappa shape index (κ1) is 16.2. The Morgan fingerprint density at radius 1 is 1.04 bits per heavy atom. The minimum absolute atomic E-state index is 0.0173. The fourth-order valence-electron chi connectivity index (χ4n) is 3.04. The molecule has 0 unspecified atom stereocenters. The highest BCUT2D eigenvalue weighted by Gasteiger charge is 2.27. The number of rotatable bonds is 4. The van der Waals surface area contributed by atoms with Gasteiger partial charge in [-0.05, 0) is 31.0 Å². The summed E-state index contributed by atoms with van der Waals surface area (Å²) in [5.74, 6) is 0.0360. The van der Waals surface area contributed by atoms with Gasteiger partial charge in [0.1, 0.15) is 6.54 Å². The Morgan fingerprint density at radius 3 is 2.54 bits per heavy atom. The predicted octanol–water partition coefficient (Wildman–Crippen LogP) is 2.80. The van der Waals surface area contributed by atoms with E-state index in [1.54, 1.807) is 9.80 Å². The van der Waals surface area contributed by atoms with E-state index < -0.39 is 0 Å². The van der Waals surface area contributed by atoms with Crippen molar-refractivity contribution >= 4 is 17.5 Å². The molecule has 0 radical (unpaired) electrons. The van der Waals surface area contributed by atoms with Crippen LogP contribution in [0.25, 0.3) is 0 Å². The molecule has 4 heteroatoms. The topological polar surface area (TPSA) is 40.6 Å². The Hall–Kier alpha value is -2.62. The van der Waals surface area contributed by atoms with Gasteiger partial charge in [0.25, 0.3) is 0 Å². The van der Waals surface area contributed by atoms with E-state index in [2.05, 4.69) is 6.07 Å². The van der Waals surface area contributed by atoms with Gasteiger partial charge in [0.2, 0.25) is 11.8 Å². The quantitative estimate of drug-likeness (QED) is 0.868. The highest BCUT2D eigenvalue weighted by atomic mass is 16.2. The molecule has 1 saturated heterocycles. The third-order valence-electron chi connectivity index (χ3n) is 4.35. The van der Waals surface area contributed by atoms with Crippen LogP contribution in [0.3, 0.4) is 0 Å². The van der Waals surface area contributed by atoms with E-state index in [9.17, 15) is 9.59 Å². The molecule has 1 heterocycles. The summed E-state index contributed by atoms with van der Waals surface area (Å²) < 4.78 is 0. The van der Waals surface area contributed by atoms with Crippen LogP contribution in [-0.2, 0) is 16.0 Å². The molecule has 1 aliphatic rings. The molecule has 24 heavy (non-hydrogen) atoms. The van der Waals surface area contributed by atoms with Crippen molar-refractivity contribution in [2.45, 2.75) is 19.8 Å². The van der Waals surface area contributed by atoms with Crippen LogP contribution < -0.4 is 4.90 Å². The summed E-state index contributed by atoms with van der Waals surface area (Å²) in [4.78, 5) is 28.2. The van der Waals surface area contributed by atoms with Crippen LogP contribution in [-0.4, -0.2) is 36.3 Å². The number of benzene rings is 2. The largest absolute Gasteiger partial charge is 0.332 e. The van der Waals surface area contributed by atoms with Gasteiger partial charge in [-0.25, -0.2) is 0 Å². The first-order chi connectivity index (χ1) is 11.6. The molecule has 4 nitrogen and oxygen atoms in total. The van der Waals surface area contributed by atoms with Crippen LogP contribution in [0.2, 0.25) is 0 Å². The van der Waals surface area contributed by atoms with Crippen molar-refractivity contribution in [3.8, 4) is 0 Å². The average Bonchev–Trinajstić information content (AvgIpc) is 2.60. The molecular formula is C20H22N2O2. The van der Waals surface area contributed by atoms with Crippen LogP contribution in [0.4, 0.5) is 5.69 Å². The number of para-hydroxylation sites is 1. The van der Waals surface area contributed by atoms with Crippen molar-refractivity contribution in [3.63, 3.8) is 0 Å². The molecule has 1 fully saturated rings. The summed E-state index contributed by atoms with van der Waals surface area (Å²) in [5.41, 5.74) is 3.26. The molecule has 2 aromatic rings. The molecule has 0 N–H and O–H groups in total. The van der Waals surface area contributed by atoms with Crippen LogP contribution in [0, 0.1) is 6.92 Å². The van der Waals surface area contributed by atoms with Crippen LogP contribution >= 0.6 is 0 Å². The van der Waals surface area contributed by atoms with E-state index in [1.807, 2.05) is 55.5 Å². The summed E-state index contributed by atoms with van der Waals surface area (Å²) in [6.07, 6.45) is 1.16. The number of aryl methyl sites for hydroxylation is 2. The molecule has 0 aliphatic carbocycles. The summed E-state index contributed by atoms with van der Waals surface area (Å²) in [6, 6.07) is 17.8. The molecule has 2 amide bonds. The summed E-state index contributed by atoms with van der Waals surface area (Å²) in [6.45, 7) is 3.36. The van der Waals surface area contributed by atoms with Crippen molar-refractivity contribution in [2.75, 3.05) is 24.5 Å². The van der Waals surface area contributed by atoms with Crippen LogP contribution in [0.5, 0.6) is 0 Å². The van der Waals surface area contributed by atoms with E-state index in [0.717, 1.165) is 11.3 Å². The highest BCUT2D eigenvalue weighted by Crippen LogP contribution is 2.17. The lowest BCUT2D eigenvalue weighted by Crippen LogP contribution is -2.52. The van der Waals surface area contributed by atoms with E-state index in [1.165, 1.54) is 5.56 Å². The number of carbonyl (C=O) groups is 2. The van der Waals surface area contributed by atoms with Gasteiger partial charge in [-0.2, -0.15) is 0 Å². The second kappa shape index (κ2) is 7.30. The molecule has 0 spiro atoms. The number of hydrogen-bond donors (Lipinski definition) is 0. The maximum atomic E-state index is 12.4. The molecule has 124 valence electrons. The Balaban J connectivity index is 1.55. The lowest BCUT2D eigenvalue weighted by Gasteiger charge is -2.34. The van der Waals surface area contributed by atoms with Crippen LogP contribution in [0.1, 0.15) is 17.5 Å². The van der Waals surface area contributed by atoms with Gasteiger partial charge in [0, 0.05) is 25.2 Å². The number of amides is 2. The van der Waals surface area contributed by atoms with Crippen molar-refractivity contribution in [3.05, 3.63) is 65.7 Å². The van der Waals surface area contributed by atoms with E-state index in [4.69, 9.17) is 0 Å². The Kier molecular flexibility index (Phi) is 4.94. The van der Waals surface area contributed by atoms with Crippen molar-refractivity contribution < 1.29 is 9.59 Å². The van der Waals surface area contributed by atoms with E-state index >= 15 is 0 Å². The number of nitrogens with zero attached hydrogens (tertiary/aromatic N) is 2. The zero-order chi connectivity index (χ0) is 16.9. The van der Waals surface area contributed by atoms with Gasteiger partial charge in [-0.15, -0.1) is 0 Å². The van der Waals surface area contributed by atoms with Crippen LogP contribution in [0.15, 0.2) is 54.6 Å². The normalized spacial score (nSPS) is 14.8. The Labute approximate surface area is 142 Å². The van der Waals surface area contributed by atoms with Gasteiger partial charge in [0.05, 0.1) is 0 Å². The maximum Gasteiger partial charge on any atom is 0.246 e. The minimum Gasteiger partial charge on any atom is -0.332 e. The molecule has 0 aromatic heterocycles. The first-order valence-electron chi connectivity index (χ1n) is 8.32. The number of hydrogen-bond acceptors (Lipinski definition) is 2. The Morgan fingerprint density at radius 2 is 1.83 bits per heavy atom. The average molecular weight is 322 g/mol. The van der Waals surface area contributed by atoms with Gasteiger partial charge in [-0.3, -0.25) is 9.59 Å². The van der Waals surface area contributed by atoms with Crippen molar-refractivity contribution in [1.82, 2.24) is 4.90 Å². The molecule has 0 saturated carbocycles. The van der Waals surface area contributed by atoms with E-state index in [-0.39, 0.29) is 18.4 Å². The van der Waals surface area contributed by atoms with Crippen molar-refractivity contribution in [1.29, 1.82) is 0 Å². The zero-order valence-electron chi connectivity index (χ0n) is 13.9. The van der Waals surface area contributed by atoms with Gasteiger partial charge in [-0.1, -0.05) is 48.0 Å². The fourth-order valence-corrected chi connectivity index (χ4v) is 3.04. The zero-order valence-corrected chi connectivity index (χ0v) is 13.9. The molecule has 0 bridgehead atoms. The number of piperazine rings is 1. The molecule has 0 atom stereocenters. The standard InChI is InChI=1S/C20H22N2O2/c1-16-6-5-7-17(14-16)10-11-19(23)21-12-13-22(20(24)15-21)18-8-3-2-4-9-18/h2-9,14H,10-13,15H2,1H3.